The predicted molar refractivity (Wildman–Crippen MR) is 79.2 cm³/mol. The number of sulfone groups is 1. The molecule has 4 nitrogen and oxygen atoms in total. The van der Waals surface area contributed by atoms with E-state index in [0.29, 0.717) is 18.7 Å². The molecular formula is C14H29NO3S. The van der Waals surface area contributed by atoms with Crippen molar-refractivity contribution < 1.29 is 13.2 Å². The van der Waals surface area contributed by atoms with E-state index in [1.165, 1.54) is 6.26 Å². The highest BCUT2D eigenvalue weighted by atomic mass is 32.2. The Morgan fingerprint density at radius 3 is 2.32 bits per heavy atom. The van der Waals surface area contributed by atoms with Gasteiger partial charge < -0.3 is 4.74 Å². The molecule has 0 spiro atoms. The van der Waals surface area contributed by atoms with E-state index in [1.807, 2.05) is 6.92 Å². The van der Waals surface area contributed by atoms with E-state index in [9.17, 15) is 8.42 Å². The van der Waals surface area contributed by atoms with E-state index in [4.69, 9.17) is 4.74 Å². The number of ether oxygens (including phenoxy) is 1. The van der Waals surface area contributed by atoms with Gasteiger partial charge in [-0.15, -0.1) is 0 Å². The van der Waals surface area contributed by atoms with Crippen LogP contribution in [0.25, 0.3) is 0 Å². The molecule has 0 N–H and O–H groups in total. The zero-order valence-corrected chi connectivity index (χ0v) is 13.8. The van der Waals surface area contributed by atoms with Gasteiger partial charge in [0.1, 0.15) is 9.84 Å². The molecule has 19 heavy (non-hydrogen) atoms. The molecule has 0 aromatic heterocycles. The molecule has 0 bridgehead atoms. The first-order chi connectivity index (χ1) is 8.72. The number of hydrogen-bond acceptors (Lipinski definition) is 4. The number of rotatable bonds is 8. The molecular weight excluding hydrogens is 262 g/mol. The SMILES string of the molecule is CCCN(CCS(C)(=O)=O)[C@H]1C[C@@H](OCC)C1(C)C. The number of nitrogens with zero attached hydrogens (tertiary/aromatic N) is 1. The van der Waals surface area contributed by atoms with Gasteiger partial charge >= 0.3 is 0 Å². The summed E-state index contributed by atoms with van der Waals surface area (Å²) >= 11 is 0. The molecule has 1 aliphatic carbocycles. The van der Waals surface area contributed by atoms with Crippen LogP contribution in [-0.2, 0) is 14.6 Å². The molecule has 0 unspecified atom stereocenters. The van der Waals surface area contributed by atoms with Crippen molar-refractivity contribution in [2.75, 3.05) is 31.7 Å². The van der Waals surface area contributed by atoms with Crippen molar-refractivity contribution in [1.29, 1.82) is 0 Å². The Bertz CT molecular complexity index is 378. The van der Waals surface area contributed by atoms with Crippen molar-refractivity contribution in [2.24, 2.45) is 5.41 Å². The topological polar surface area (TPSA) is 46.6 Å². The Morgan fingerprint density at radius 2 is 1.89 bits per heavy atom. The summed E-state index contributed by atoms with van der Waals surface area (Å²) in [4.78, 5) is 2.33. The van der Waals surface area contributed by atoms with Crippen molar-refractivity contribution in [3.63, 3.8) is 0 Å². The van der Waals surface area contributed by atoms with Crippen LogP contribution in [0.4, 0.5) is 0 Å². The maximum atomic E-state index is 11.3. The normalized spacial score (nSPS) is 26.4. The molecule has 0 amide bonds. The first-order valence-corrected chi connectivity index (χ1v) is 9.31. The smallest absolute Gasteiger partial charge is 0.148 e. The maximum absolute atomic E-state index is 11.3. The van der Waals surface area contributed by atoms with Crippen LogP contribution in [-0.4, -0.2) is 57.2 Å². The van der Waals surface area contributed by atoms with Crippen LogP contribution in [0.15, 0.2) is 0 Å². The van der Waals surface area contributed by atoms with Gasteiger partial charge in [0.15, 0.2) is 0 Å². The van der Waals surface area contributed by atoms with E-state index in [-0.39, 0.29) is 11.2 Å². The highest BCUT2D eigenvalue weighted by Crippen LogP contribution is 2.45. The van der Waals surface area contributed by atoms with E-state index >= 15 is 0 Å². The van der Waals surface area contributed by atoms with Gasteiger partial charge in [0, 0.05) is 30.9 Å². The van der Waals surface area contributed by atoms with Crippen molar-refractivity contribution >= 4 is 9.84 Å². The summed E-state index contributed by atoms with van der Waals surface area (Å²) in [5.41, 5.74) is 0.114. The van der Waals surface area contributed by atoms with Gasteiger partial charge in [0.05, 0.1) is 11.9 Å². The summed E-state index contributed by atoms with van der Waals surface area (Å²) in [6, 6.07) is 0.436. The maximum Gasteiger partial charge on any atom is 0.148 e. The van der Waals surface area contributed by atoms with Crippen LogP contribution in [0.1, 0.15) is 40.5 Å². The Kier molecular flexibility index (Phi) is 5.83. The molecule has 1 rings (SSSR count). The first kappa shape index (κ1) is 16.9. The average Bonchev–Trinajstić information content (AvgIpc) is 2.29. The molecule has 2 atom stereocenters. The van der Waals surface area contributed by atoms with Gasteiger partial charge in [-0.3, -0.25) is 4.90 Å². The lowest BCUT2D eigenvalue weighted by Crippen LogP contribution is -2.62. The van der Waals surface area contributed by atoms with Gasteiger partial charge in [-0.2, -0.15) is 0 Å². The van der Waals surface area contributed by atoms with Crippen molar-refractivity contribution in [3.8, 4) is 0 Å². The second kappa shape index (κ2) is 6.55. The van der Waals surface area contributed by atoms with Crippen LogP contribution in [0, 0.1) is 5.41 Å². The van der Waals surface area contributed by atoms with E-state index in [1.54, 1.807) is 0 Å². The quantitative estimate of drug-likeness (QED) is 0.686. The van der Waals surface area contributed by atoms with Gasteiger partial charge in [0.2, 0.25) is 0 Å². The predicted octanol–water partition coefficient (Wildman–Crippen LogP) is 1.95. The Balaban J connectivity index is 2.63. The van der Waals surface area contributed by atoms with Crippen LogP contribution in [0.2, 0.25) is 0 Å². The molecule has 5 heteroatoms. The zero-order valence-electron chi connectivity index (χ0n) is 13.0. The summed E-state index contributed by atoms with van der Waals surface area (Å²) < 4.78 is 28.4. The molecule has 1 saturated carbocycles. The zero-order chi connectivity index (χ0) is 14.7. The lowest BCUT2D eigenvalue weighted by molar-refractivity contribution is -0.148. The lowest BCUT2D eigenvalue weighted by atomic mass is 9.63. The highest BCUT2D eigenvalue weighted by Gasteiger charge is 2.51. The summed E-state index contributed by atoms with van der Waals surface area (Å²) in [6.07, 6.45) is 3.69. The molecule has 0 aromatic carbocycles. The molecule has 1 aliphatic rings. The van der Waals surface area contributed by atoms with Crippen molar-refractivity contribution in [2.45, 2.75) is 52.7 Å². The minimum Gasteiger partial charge on any atom is -0.378 e. The molecule has 0 heterocycles. The Hall–Kier alpha value is -0.130. The van der Waals surface area contributed by atoms with Crippen LogP contribution >= 0.6 is 0 Å². The summed E-state index contributed by atoms with van der Waals surface area (Å²) in [5.74, 6) is 0.249. The van der Waals surface area contributed by atoms with E-state index in [0.717, 1.165) is 26.0 Å². The first-order valence-electron chi connectivity index (χ1n) is 7.25. The summed E-state index contributed by atoms with van der Waals surface area (Å²) in [6.45, 7) is 11.0. The second-order valence-corrected chi connectivity index (χ2v) is 8.44. The molecule has 0 aromatic rings. The molecule has 0 radical (unpaired) electrons. The van der Waals surface area contributed by atoms with Gasteiger partial charge in [-0.05, 0) is 26.3 Å². The fourth-order valence-electron chi connectivity index (χ4n) is 2.96. The van der Waals surface area contributed by atoms with Crippen LogP contribution < -0.4 is 0 Å². The Morgan fingerprint density at radius 1 is 1.26 bits per heavy atom. The highest BCUT2D eigenvalue weighted by molar-refractivity contribution is 7.90. The van der Waals surface area contributed by atoms with E-state index < -0.39 is 9.84 Å². The molecule has 0 aliphatic heterocycles. The van der Waals surface area contributed by atoms with Crippen molar-refractivity contribution in [3.05, 3.63) is 0 Å². The minimum absolute atomic E-state index is 0.114. The van der Waals surface area contributed by atoms with Crippen LogP contribution in [0.3, 0.4) is 0 Å². The third kappa shape index (κ3) is 4.43. The molecule has 1 fully saturated rings. The molecule has 0 saturated heterocycles. The number of hydrogen-bond donors (Lipinski definition) is 0. The summed E-state index contributed by atoms with van der Waals surface area (Å²) in [7, 11) is -2.89. The third-order valence-corrected chi connectivity index (χ3v) is 5.12. The molecule has 114 valence electrons. The van der Waals surface area contributed by atoms with Gasteiger partial charge in [0.25, 0.3) is 0 Å². The summed E-state index contributed by atoms with van der Waals surface area (Å²) in [5, 5.41) is 0. The second-order valence-electron chi connectivity index (χ2n) is 6.18. The van der Waals surface area contributed by atoms with Crippen LogP contribution in [0.5, 0.6) is 0 Å². The largest absolute Gasteiger partial charge is 0.378 e. The van der Waals surface area contributed by atoms with E-state index in [2.05, 4.69) is 25.7 Å². The fourth-order valence-corrected chi connectivity index (χ4v) is 3.53. The average molecular weight is 291 g/mol. The third-order valence-electron chi connectivity index (χ3n) is 4.19. The van der Waals surface area contributed by atoms with Gasteiger partial charge in [-0.1, -0.05) is 20.8 Å². The lowest BCUT2D eigenvalue weighted by Gasteiger charge is -2.56. The van der Waals surface area contributed by atoms with Gasteiger partial charge in [-0.25, -0.2) is 8.42 Å². The monoisotopic (exact) mass is 291 g/mol. The Labute approximate surface area is 118 Å². The standard InChI is InChI=1S/C14H29NO3S/c1-6-8-15(9-10-19(5,16)17)12-11-13(18-7-2)14(12,3)4/h12-13H,6-11H2,1-5H3/t12-,13+/m0/s1. The van der Waals surface area contributed by atoms with Crippen molar-refractivity contribution in [1.82, 2.24) is 4.90 Å². The fraction of sp³-hybridized carbons (Fsp3) is 1.00. The minimum atomic E-state index is -2.89.